The van der Waals surface area contributed by atoms with Crippen LogP contribution in [-0.4, -0.2) is 15.8 Å². The van der Waals surface area contributed by atoms with E-state index in [-0.39, 0.29) is 6.08 Å². The fourth-order valence-electron chi connectivity index (χ4n) is 0.719. The number of hydrogen-bond acceptors (Lipinski definition) is 1. The van der Waals surface area contributed by atoms with Crippen LogP contribution < -0.4 is 0 Å². The van der Waals surface area contributed by atoms with Gasteiger partial charge >= 0.3 is 0 Å². The van der Waals surface area contributed by atoms with Crippen molar-refractivity contribution in [3.63, 3.8) is 0 Å². The summed E-state index contributed by atoms with van der Waals surface area (Å²) in [6, 6.07) is 0. The van der Waals surface area contributed by atoms with E-state index in [9.17, 15) is 17.6 Å². The highest BCUT2D eigenvalue weighted by Gasteiger charge is 2.47. The fraction of sp³-hybridized carbons (Fsp3) is 0.333. The van der Waals surface area contributed by atoms with E-state index < -0.39 is 28.2 Å². The van der Waals surface area contributed by atoms with Gasteiger partial charge in [-0.05, 0) is 15.9 Å². The van der Waals surface area contributed by atoms with Gasteiger partial charge in [-0.15, -0.1) is 0 Å². The van der Waals surface area contributed by atoms with E-state index in [1.807, 2.05) is 0 Å². The summed E-state index contributed by atoms with van der Waals surface area (Å²) in [6.45, 7) is 0. The third-order valence-electron chi connectivity index (χ3n) is 1.36. The van der Waals surface area contributed by atoms with Crippen LogP contribution in [0.4, 0.5) is 17.6 Å². The highest BCUT2D eigenvalue weighted by molar-refractivity contribution is 9.10. The lowest BCUT2D eigenvalue weighted by atomic mass is 10.1. The molecular formula is C6H3BrF4O. The smallest absolute Gasteiger partial charge is 0.212 e. The molecule has 0 aromatic heterocycles. The van der Waals surface area contributed by atoms with Gasteiger partial charge in [0.2, 0.25) is 4.51 Å². The van der Waals surface area contributed by atoms with Crippen molar-refractivity contribution in [1.82, 2.24) is 0 Å². The largest absolute Gasteiger partial charge is 0.370 e. The van der Waals surface area contributed by atoms with E-state index in [1.165, 1.54) is 0 Å². The average Bonchev–Trinajstić information content (AvgIpc) is 1.99. The third kappa shape index (κ3) is 1.29. The summed E-state index contributed by atoms with van der Waals surface area (Å²) in [5.74, 6) is -4.95. The minimum Gasteiger partial charge on any atom is -0.370 e. The van der Waals surface area contributed by atoms with Crippen molar-refractivity contribution < 1.29 is 22.7 Å². The minimum atomic E-state index is -2.92. The van der Waals surface area contributed by atoms with E-state index >= 15 is 0 Å². The molecule has 68 valence electrons. The van der Waals surface area contributed by atoms with Crippen molar-refractivity contribution in [2.45, 2.75) is 10.7 Å². The zero-order chi connectivity index (χ0) is 9.52. The molecule has 0 spiro atoms. The first-order valence-corrected chi connectivity index (χ1v) is 3.65. The second-order valence-electron chi connectivity index (χ2n) is 2.23. The van der Waals surface area contributed by atoms with Gasteiger partial charge in [0.25, 0.3) is 0 Å². The predicted octanol–water partition coefficient (Wildman–Crippen LogP) is 2.43. The molecule has 2 unspecified atom stereocenters. The predicted molar refractivity (Wildman–Crippen MR) is 37.2 cm³/mol. The zero-order valence-corrected chi connectivity index (χ0v) is 7.08. The van der Waals surface area contributed by atoms with Crippen LogP contribution in [0.5, 0.6) is 0 Å². The van der Waals surface area contributed by atoms with Crippen LogP contribution in [0, 0.1) is 0 Å². The Balaban J connectivity index is 3.18. The van der Waals surface area contributed by atoms with Crippen molar-refractivity contribution in [1.29, 1.82) is 0 Å². The molecule has 2 atom stereocenters. The van der Waals surface area contributed by atoms with Gasteiger partial charge in [-0.25, -0.2) is 17.6 Å². The Morgan fingerprint density at radius 2 is 1.92 bits per heavy atom. The van der Waals surface area contributed by atoms with Gasteiger partial charge < -0.3 is 5.11 Å². The second kappa shape index (κ2) is 2.85. The van der Waals surface area contributed by atoms with Crippen molar-refractivity contribution >= 4 is 15.9 Å². The lowest BCUT2D eigenvalue weighted by Gasteiger charge is -2.25. The van der Waals surface area contributed by atoms with E-state index in [1.54, 1.807) is 0 Å². The highest BCUT2D eigenvalue weighted by Crippen LogP contribution is 2.41. The van der Waals surface area contributed by atoms with Crippen LogP contribution in [-0.2, 0) is 0 Å². The zero-order valence-electron chi connectivity index (χ0n) is 5.49. The van der Waals surface area contributed by atoms with E-state index in [0.29, 0.717) is 0 Å². The Bertz CT molecular complexity index is 271. The number of halogens is 5. The van der Waals surface area contributed by atoms with Crippen LogP contribution >= 0.6 is 15.9 Å². The molecular weight excluding hydrogens is 244 g/mol. The van der Waals surface area contributed by atoms with Gasteiger partial charge in [-0.2, -0.15) is 0 Å². The highest BCUT2D eigenvalue weighted by atomic mass is 79.9. The molecule has 1 aliphatic rings. The van der Waals surface area contributed by atoms with Crippen molar-refractivity contribution in [3.05, 3.63) is 23.6 Å². The normalized spacial score (nSPS) is 36.8. The number of alkyl halides is 2. The summed E-state index contributed by atoms with van der Waals surface area (Å²) in [5, 5.41) is 8.84. The Morgan fingerprint density at radius 1 is 1.42 bits per heavy atom. The molecule has 1 N–H and O–H groups in total. The standard InChI is InChI=1S/C6H3BrF4O/c7-6(12)4(10)2(8)1-3(9)5(6)11/h1,4,12H. The first-order chi connectivity index (χ1) is 5.37. The molecule has 0 aliphatic heterocycles. The molecule has 6 heteroatoms. The molecule has 1 nitrogen and oxygen atoms in total. The number of hydrogen-bond donors (Lipinski definition) is 1. The molecule has 0 saturated heterocycles. The molecule has 0 aromatic rings. The molecule has 0 heterocycles. The summed E-state index contributed by atoms with van der Waals surface area (Å²) >= 11 is 2.13. The van der Waals surface area contributed by atoms with Gasteiger partial charge in [0.1, 0.15) is 5.83 Å². The second-order valence-corrected chi connectivity index (χ2v) is 3.44. The Hall–Kier alpha value is -0.360. The summed E-state index contributed by atoms with van der Waals surface area (Å²) in [5.41, 5.74) is 0. The number of aliphatic hydroxyl groups is 1. The average molecular weight is 247 g/mol. The number of rotatable bonds is 0. The summed E-state index contributed by atoms with van der Waals surface area (Å²) in [4.78, 5) is 0. The molecule has 12 heavy (non-hydrogen) atoms. The monoisotopic (exact) mass is 246 g/mol. The molecule has 0 radical (unpaired) electrons. The van der Waals surface area contributed by atoms with Crippen molar-refractivity contribution in [2.75, 3.05) is 0 Å². The molecule has 0 aromatic carbocycles. The molecule has 0 saturated carbocycles. The fourth-order valence-corrected chi connectivity index (χ4v) is 1.13. The van der Waals surface area contributed by atoms with Crippen LogP contribution in [0.2, 0.25) is 0 Å². The Morgan fingerprint density at radius 3 is 2.42 bits per heavy atom. The summed E-state index contributed by atoms with van der Waals surface area (Å²) in [7, 11) is 0. The maximum Gasteiger partial charge on any atom is 0.212 e. The van der Waals surface area contributed by atoms with Crippen LogP contribution in [0.3, 0.4) is 0 Å². The maximum absolute atomic E-state index is 12.6. The van der Waals surface area contributed by atoms with E-state index in [2.05, 4.69) is 15.9 Å². The maximum atomic E-state index is 12.6. The minimum absolute atomic E-state index is 0.0513. The van der Waals surface area contributed by atoms with Crippen LogP contribution in [0.15, 0.2) is 23.6 Å². The lowest BCUT2D eigenvalue weighted by Crippen LogP contribution is -2.36. The van der Waals surface area contributed by atoms with E-state index in [4.69, 9.17) is 5.11 Å². The molecule has 0 amide bonds. The van der Waals surface area contributed by atoms with Gasteiger partial charge in [0.05, 0.1) is 0 Å². The van der Waals surface area contributed by atoms with Gasteiger partial charge in [0, 0.05) is 6.08 Å². The molecule has 1 rings (SSSR count). The molecule has 1 aliphatic carbocycles. The van der Waals surface area contributed by atoms with Crippen LogP contribution in [0.1, 0.15) is 0 Å². The van der Waals surface area contributed by atoms with E-state index in [0.717, 1.165) is 0 Å². The molecule has 0 bridgehead atoms. The Labute approximate surface area is 73.5 Å². The van der Waals surface area contributed by atoms with Crippen molar-refractivity contribution in [2.24, 2.45) is 0 Å². The van der Waals surface area contributed by atoms with Crippen molar-refractivity contribution in [3.8, 4) is 0 Å². The lowest BCUT2D eigenvalue weighted by molar-refractivity contribution is 0.0636. The van der Waals surface area contributed by atoms with Gasteiger partial charge in [-0.1, -0.05) is 0 Å². The Kier molecular flexibility index (Phi) is 2.31. The topological polar surface area (TPSA) is 20.2 Å². The van der Waals surface area contributed by atoms with Gasteiger partial charge in [-0.3, -0.25) is 0 Å². The SMILES string of the molecule is OC1(Br)C(F)=C(F)C=C(F)C1F. The van der Waals surface area contributed by atoms with Gasteiger partial charge in [0.15, 0.2) is 17.8 Å². The third-order valence-corrected chi connectivity index (χ3v) is 2.11. The first-order valence-electron chi connectivity index (χ1n) is 2.85. The first kappa shape index (κ1) is 9.73. The molecule has 0 fully saturated rings. The number of allylic oxidation sites excluding steroid dienone is 2. The summed E-state index contributed by atoms with van der Waals surface area (Å²) in [6.07, 6.45) is -2.58. The summed E-state index contributed by atoms with van der Waals surface area (Å²) < 4.78 is 46.9. The van der Waals surface area contributed by atoms with Crippen LogP contribution in [0.25, 0.3) is 0 Å². The quantitative estimate of drug-likeness (QED) is 0.514.